The predicted molar refractivity (Wildman–Crippen MR) is 82.4 cm³/mol. The third-order valence-corrected chi connectivity index (χ3v) is 4.64. The van der Waals surface area contributed by atoms with Crippen LogP contribution in [0.5, 0.6) is 0 Å². The summed E-state index contributed by atoms with van der Waals surface area (Å²) in [5.74, 6) is 2.92. The molecule has 2 rings (SSSR count). The van der Waals surface area contributed by atoms with E-state index in [4.69, 9.17) is 11.6 Å². The van der Waals surface area contributed by atoms with Gasteiger partial charge in [0.2, 0.25) is 0 Å². The molecule has 1 unspecified atom stereocenters. The van der Waals surface area contributed by atoms with Gasteiger partial charge in [0.15, 0.2) is 0 Å². The first-order valence-corrected chi connectivity index (χ1v) is 8.54. The van der Waals surface area contributed by atoms with E-state index in [1.165, 1.54) is 5.56 Å². The second-order valence-electron chi connectivity index (χ2n) is 4.54. The van der Waals surface area contributed by atoms with Gasteiger partial charge >= 0.3 is 0 Å². The fourth-order valence-electron chi connectivity index (χ4n) is 2.14. The van der Waals surface area contributed by atoms with Gasteiger partial charge in [0.1, 0.15) is 5.82 Å². The molecular weight excluding hydrogens is 280 g/mol. The van der Waals surface area contributed by atoms with Crippen molar-refractivity contribution in [2.24, 2.45) is 0 Å². The van der Waals surface area contributed by atoms with Crippen molar-refractivity contribution in [1.82, 2.24) is 9.55 Å². The Morgan fingerprint density at radius 2 is 2.21 bits per heavy atom. The van der Waals surface area contributed by atoms with Crippen molar-refractivity contribution >= 4 is 33.4 Å². The minimum Gasteiger partial charge on any atom is -0.327 e. The average Bonchev–Trinajstić information content (AvgIpc) is 2.73. The van der Waals surface area contributed by atoms with Crippen molar-refractivity contribution in [1.29, 1.82) is 0 Å². The summed E-state index contributed by atoms with van der Waals surface area (Å²) in [7, 11) is -0.754. The highest BCUT2D eigenvalue weighted by molar-refractivity contribution is 7.84. The number of hydrogen-bond acceptors (Lipinski definition) is 2. The van der Waals surface area contributed by atoms with E-state index in [0.717, 1.165) is 29.8 Å². The van der Waals surface area contributed by atoms with E-state index >= 15 is 0 Å². The summed E-state index contributed by atoms with van der Waals surface area (Å²) in [5.41, 5.74) is 3.32. The third kappa shape index (κ3) is 3.37. The zero-order valence-corrected chi connectivity index (χ0v) is 12.9. The number of aryl methyl sites for hydroxylation is 3. The lowest BCUT2D eigenvalue weighted by Crippen LogP contribution is -2.12. The lowest BCUT2D eigenvalue weighted by Gasteiger charge is -2.08. The SMILES string of the molecule is CCS(=O)CCn1c(CCCl)nc2ccc(C)cc21. The second kappa shape index (κ2) is 6.53. The Hall–Kier alpha value is -0.870. The molecular formula is C14H19ClN2OS. The zero-order valence-electron chi connectivity index (χ0n) is 11.4. The van der Waals surface area contributed by atoms with E-state index in [0.29, 0.717) is 17.4 Å². The molecule has 0 aliphatic heterocycles. The Morgan fingerprint density at radius 1 is 1.42 bits per heavy atom. The fourth-order valence-corrected chi connectivity index (χ4v) is 2.99. The molecule has 0 radical (unpaired) electrons. The van der Waals surface area contributed by atoms with Crippen LogP contribution in [0.25, 0.3) is 11.0 Å². The molecule has 0 bridgehead atoms. The van der Waals surface area contributed by atoms with Crippen molar-refractivity contribution in [2.45, 2.75) is 26.8 Å². The van der Waals surface area contributed by atoms with Gasteiger partial charge in [0.05, 0.1) is 11.0 Å². The highest BCUT2D eigenvalue weighted by Gasteiger charge is 2.11. The van der Waals surface area contributed by atoms with Crippen molar-refractivity contribution in [3.05, 3.63) is 29.6 Å². The molecule has 0 aliphatic rings. The minimum absolute atomic E-state index is 0.555. The molecule has 1 aromatic carbocycles. The summed E-state index contributed by atoms with van der Waals surface area (Å²) in [4.78, 5) is 4.63. The minimum atomic E-state index is -0.754. The Bertz CT molecular complexity index is 594. The van der Waals surface area contributed by atoms with E-state index in [-0.39, 0.29) is 0 Å². The number of alkyl halides is 1. The van der Waals surface area contributed by atoms with Gasteiger partial charge in [-0.2, -0.15) is 0 Å². The van der Waals surface area contributed by atoms with Crippen LogP contribution < -0.4 is 0 Å². The lowest BCUT2D eigenvalue weighted by atomic mass is 10.2. The molecule has 0 saturated heterocycles. The monoisotopic (exact) mass is 298 g/mol. The molecule has 104 valence electrons. The number of hydrogen-bond donors (Lipinski definition) is 0. The molecule has 5 heteroatoms. The van der Waals surface area contributed by atoms with Crippen LogP contribution in [0.15, 0.2) is 18.2 Å². The highest BCUT2D eigenvalue weighted by Crippen LogP contribution is 2.18. The second-order valence-corrected chi connectivity index (χ2v) is 6.79. The molecule has 0 N–H and O–H groups in total. The van der Waals surface area contributed by atoms with Gasteiger partial charge in [-0.05, 0) is 24.6 Å². The normalized spacial score (nSPS) is 13.0. The predicted octanol–water partition coefficient (Wildman–Crippen LogP) is 2.89. The van der Waals surface area contributed by atoms with Gasteiger partial charge < -0.3 is 4.57 Å². The van der Waals surface area contributed by atoms with Crippen LogP contribution >= 0.6 is 11.6 Å². The smallest absolute Gasteiger partial charge is 0.111 e. The number of halogens is 1. The standard InChI is InChI=1S/C14H19ClN2OS/c1-3-19(18)9-8-17-13-10-11(2)4-5-12(13)16-14(17)6-7-15/h4-5,10H,3,6-9H2,1-2H3. The molecule has 19 heavy (non-hydrogen) atoms. The van der Waals surface area contributed by atoms with Gasteiger partial charge in [-0.1, -0.05) is 13.0 Å². The largest absolute Gasteiger partial charge is 0.327 e. The summed E-state index contributed by atoms with van der Waals surface area (Å²) < 4.78 is 13.8. The van der Waals surface area contributed by atoms with Crippen LogP contribution in [0.4, 0.5) is 0 Å². The van der Waals surface area contributed by atoms with Crippen LogP contribution in [-0.2, 0) is 23.8 Å². The summed E-state index contributed by atoms with van der Waals surface area (Å²) in [5, 5.41) is 0. The molecule has 0 saturated carbocycles. The van der Waals surface area contributed by atoms with E-state index in [1.807, 2.05) is 13.0 Å². The first kappa shape index (κ1) is 14.5. The number of benzene rings is 1. The molecule has 0 aliphatic carbocycles. The van der Waals surface area contributed by atoms with Crippen molar-refractivity contribution < 1.29 is 4.21 Å². The molecule has 0 fully saturated rings. The molecule has 2 aromatic rings. The number of nitrogens with zero attached hydrogens (tertiary/aromatic N) is 2. The summed E-state index contributed by atoms with van der Waals surface area (Å²) in [6.45, 7) is 4.76. The Labute approximate surface area is 121 Å². The Balaban J connectivity index is 2.38. The topological polar surface area (TPSA) is 34.9 Å². The molecule has 0 amide bonds. The van der Waals surface area contributed by atoms with Crippen LogP contribution in [0, 0.1) is 6.92 Å². The third-order valence-electron chi connectivity index (χ3n) is 3.17. The molecule has 3 nitrogen and oxygen atoms in total. The van der Waals surface area contributed by atoms with Gasteiger partial charge in [0.25, 0.3) is 0 Å². The van der Waals surface area contributed by atoms with Crippen LogP contribution in [0.3, 0.4) is 0 Å². The zero-order chi connectivity index (χ0) is 13.8. The van der Waals surface area contributed by atoms with E-state index in [2.05, 4.69) is 28.6 Å². The summed E-state index contributed by atoms with van der Waals surface area (Å²) >= 11 is 5.84. The van der Waals surface area contributed by atoms with Crippen molar-refractivity contribution in [2.75, 3.05) is 17.4 Å². The van der Waals surface area contributed by atoms with Gasteiger partial charge in [-0.25, -0.2) is 4.98 Å². The molecule has 1 aromatic heterocycles. The first-order chi connectivity index (χ1) is 9.15. The van der Waals surface area contributed by atoms with E-state index in [1.54, 1.807) is 0 Å². The average molecular weight is 299 g/mol. The van der Waals surface area contributed by atoms with Crippen molar-refractivity contribution in [3.8, 4) is 0 Å². The maximum absolute atomic E-state index is 11.6. The van der Waals surface area contributed by atoms with Gasteiger partial charge in [0, 0.05) is 41.2 Å². The molecule has 1 heterocycles. The van der Waals surface area contributed by atoms with E-state index < -0.39 is 10.8 Å². The first-order valence-electron chi connectivity index (χ1n) is 6.52. The number of aromatic nitrogens is 2. The van der Waals surface area contributed by atoms with E-state index in [9.17, 15) is 4.21 Å². The van der Waals surface area contributed by atoms with Crippen molar-refractivity contribution in [3.63, 3.8) is 0 Å². The van der Waals surface area contributed by atoms with Gasteiger partial charge in [-0.3, -0.25) is 4.21 Å². The van der Waals surface area contributed by atoms with Crippen LogP contribution in [0.1, 0.15) is 18.3 Å². The number of fused-ring (bicyclic) bond motifs is 1. The van der Waals surface area contributed by atoms with Gasteiger partial charge in [-0.15, -0.1) is 11.6 Å². The quantitative estimate of drug-likeness (QED) is 0.769. The maximum Gasteiger partial charge on any atom is 0.111 e. The number of rotatable bonds is 6. The van der Waals surface area contributed by atoms with Crippen LogP contribution in [-0.4, -0.2) is 31.1 Å². The summed E-state index contributed by atoms with van der Waals surface area (Å²) in [6, 6.07) is 6.24. The maximum atomic E-state index is 11.6. The summed E-state index contributed by atoms with van der Waals surface area (Å²) in [6.07, 6.45) is 0.744. The molecule has 1 atom stereocenters. The Morgan fingerprint density at radius 3 is 2.89 bits per heavy atom. The number of imidazole rings is 1. The highest BCUT2D eigenvalue weighted by atomic mass is 35.5. The lowest BCUT2D eigenvalue weighted by molar-refractivity contribution is 0.671. The molecule has 0 spiro atoms. The fraction of sp³-hybridized carbons (Fsp3) is 0.500. The van der Waals surface area contributed by atoms with Crippen LogP contribution in [0.2, 0.25) is 0 Å². The Kier molecular flexibility index (Phi) is 4.99.